The number of aromatic nitrogens is 2. The molecule has 1 atom stereocenters. The number of carboxylic acids is 1. The van der Waals surface area contributed by atoms with E-state index >= 15 is 0 Å². The van der Waals surface area contributed by atoms with Crippen molar-refractivity contribution in [3.05, 3.63) is 18.2 Å². The second-order valence-electron chi connectivity index (χ2n) is 4.28. The molecule has 0 radical (unpaired) electrons. The SMILES string of the molecule is CCN(CC)C(C(=O)O)c1cncn1C(C)C. The molecule has 1 rings (SSSR count). The lowest BCUT2D eigenvalue weighted by Gasteiger charge is -2.27. The topological polar surface area (TPSA) is 58.4 Å². The number of carboxylic acid groups (broad SMARTS) is 1. The van der Waals surface area contributed by atoms with Gasteiger partial charge in [-0.25, -0.2) is 4.98 Å². The molecule has 1 aromatic heterocycles. The number of hydrogen-bond acceptors (Lipinski definition) is 3. The molecule has 0 amide bonds. The van der Waals surface area contributed by atoms with E-state index in [0.717, 1.165) is 5.69 Å². The van der Waals surface area contributed by atoms with E-state index in [1.807, 2.05) is 37.2 Å². The maximum absolute atomic E-state index is 11.4. The molecule has 0 saturated heterocycles. The highest BCUT2D eigenvalue weighted by molar-refractivity contribution is 5.74. The van der Waals surface area contributed by atoms with E-state index in [-0.39, 0.29) is 6.04 Å². The molecule has 0 aliphatic heterocycles. The van der Waals surface area contributed by atoms with Crippen molar-refractivity contribution in [2.45, 2.75) is 39.8 Å². The molecule has 1 aromatic rings. The van der Waals surface area contributed by atoms with Gasteiger partial charge in [0.25, 0.3) is 0 Å². The van der Waals surface area contributed by atoms with Crippen molar-refractivity contribution in [2.75, 3.05) is 13.1 Å². The minimum absolute atomic E-state index is 0.213. The Morgan fingerprint density at radius 2 is 2.06 bits per heavy atom. The van der Waals surface area contributed by atoms with Crippen molar-refractivity contribution in [1.29, 1.82) is 0 Å². The largest absolute Gasteiger partial charge is 0.480 e. The average molecular weight is 239 g/mol. The van der Waals surface area contributed by atoms with E-state index in [4.69, 9.17) is 0 Å². The van der Waals surface area contributed by atoms with E-state index in [2.05, 4.69) is 4.98 Å². The summed E-state index contributed by atoms with van der Waals surface area (Å²) in [6, 6.07) is -0.403. The second kappa shape index (κ2) is 5.82. The van der Waals surface area contributed by atoms with Gasteiger partial charge in [0, 0.05) is 6.04 Å². The molecule has 96 valence electrons. The molecule has 5 heteroatoms. The molecule has 17 heavy (non-hydrogen) atoms. The Hall–Kier alpha value is -1.36. The minimum atomic E-state index is -0.823. The van der Waals surface area contributed by atoms with Gasteiger partial charge in [-0.15, -0.1) is 0 Å². The maximum Gasteiger partial charge on any atom is 0.327 e. The highest BCUT2D eigenvalue weighted by Gasteiger charge is 2.28. The smallest absolute Gasteiger partial charge is 0.327 e. The molecule has 0 spiro atoms. The lowest BCUT2D eigenvalue weighted by molar-refractivity contribution is -0.143. The molecule has 0 aliphatic rings. The Kier molecular flexibility index (Phi) is 4.69. The fourth-order valence-corrected chi connectivity index (χ4v) is 2.02. The van der Waals surface area contributed by atoms with Gasteiger partial charge in [-0.05, 0) is 26.9 Å². The first-order chi connectivity index (χ1) is 8.02. The monoisotopic (exact) mass is 239 g/mol. The second-order valence-corrected chi connectivity index (χ2v) is 4.28. The predicted molar refractivity (Wildman–Crippen MR) is 65.9 cm³/mol. The predicted octanol–water partition coefficient (Wildman–Crippen LogP) is 1.93. The van der Waals surface area contributed by atoms with Crippen LogP contribution in [0.3, 0.4) is 0 Å². The van der Waals surface area contributed by atoms with E-state index < -0.39 is 12.0 Å². The lowest BCUT2D eigenvalue weighted by atomic mass is 10.1. The van der Waals surface area contributed by atoms with Gasteiger partial charge in [-0.2, -0.15) is 0 Å². The molecule has 0 saturated carbocycles. The first-order valence-electron chi connectivity index (χ1n) is 6.01. The number of imidazole rings is 1. The van der Waals surface area contributed by atoms with Crippen LogP contribution < -0.4 is 0 Å². The van der Waals surface area contributed by atoms with E-state index in [9.17, 15) is 9.90 Å². The van der Waals surface area contributed by atoms with Crippen LogP contribution in [0.2, 0.25) is 0 Å². The van der Waals surface area contributed by atoms with E-state index in [1.54, 1.807) is 12.5 Å². The molecular weight excluding hydrogens is 218 g/mol. The van der Waals surface area contributed by atoms with Gasteiger partial charge in [0.2, 0.25) is 0 Å². The van der Waals surface area contributed by atoms with E-state index in [1.165, 1.54) is 0 Å². The van der Waals surface area contributed by atoms with Gasteiger partial charge in [0.05, 0.1) is 18.2 Å². The fraction of sp³-hybridized carbons (Fsp3) is 0.667. The zero-order valence-corrected chi connectivity index (χ0v) is 10.9. The summed E-state index contributed by atoms with van der Waals surface area (Å²) < 4.78 is 1.91. The van der Waals surface area contributed by atoms with Gasteiger partial charge < -0.3 is 9.67 Å². The molecular formula is C12H21N3O2. The Morgan fingerprint density at radius 1 is 1.47 bits per heavy atom. The molecule has 0 aromatic carbocycles. The average Bonchev–Trinajstić information content (AvgIpc) is 2.73. The summed E-state index contributed by atoms with van der Waals surface area (Å²) in [4.78, 5) is 17.4. The lowest BCUT2D eigenvalue weighted by Crippen LogP contribution is -2.35. The maximum atomic E-state index is 11.4. The number of rotatable bonds is 6. The van der Waals surface area contributed by atoms with Crippen molar-refractivity contribution in [3.63, 3.8) is 0 Å². The molecule has 0 fully saturated rings. The Bertz CT molecular complexity index is 370. The summed E-state index contributed by atoms with van der Waals surface area (Å²) in [7, 11) is 0. The molecule has 1 N–H and O–H groups in total. The first kappa shape index (κ1) is 13.7. The van der Waals surface area contributed by atoms with Gasteiger partial charge in [-0.3, -0.25) is 9.69 Å². The number of likely N-dealkylation sites (N-methyl/N-ethyl adjacent to an activating group) is 1. The van der Waals surface area contributed by atoms with Crippen molar-refractivity contribution in [3.8, 4) is 0 Å². The van der Waals surface area contributed by atoms with Crippen LogP contribution in [0.1, 0.15) is 45.5 Å². The van der Waals surface area contributed by atoms with Crippen molar-refractivity contribution in [2.24, 2.45) is 0 Å². The van der Waals surface area contributed by atoms with Gasteiger partial charge in [0.1, 0.15) is 0 Å². The number of nitrogens with zero attached hydrogens (tertiary/aromatic N) is 3. The van der Waals surface area contributed by atoms with Crippen LogP contribution in [0.5, 0.6) is 0 Å². The zero-order valence-electron chi connectivity index (χ0n) is 10.9. The Balaban J connectivity index is 3.13. The Labute approximate surface area is 102 Å². The van der Waals surface area contributed by atoms with Gasteiger partial charge >= 0.3 is 5.97 Å². The fourth-order valence-electron chi connectivity index (χ4n) is 2.02. The molecule has 1 heterocycles. The van der Waals surface area contributed by atoms with Crippen LogP contribution >= 0.6 is 0 Å². The standard InChI is InChI=1S/C12H21N3O2/c1-5-14(6-2)11(12(16)17)10-7-13-8-15(10)9(3)4/h7-9,11H,5-6H2,1-4H3,(H,16,17). The minimum Gasteiger partial charge on any atom is -0.480 e. The van der Waals surface area contributed by atoms with Crippen LogP contribution in [0.4, 0.5) is 0 Å². The summed E-state index contributed by atoms with van der Waals surface area (Å²) in [5.41, 5.74) is 0.746. The van der Waals surface area contributed by atoms with Crippen LogP contribution in [-0.4, -0.2) is 38.6 Å². The molecule has 5 nitrogen and oxygen atoms in total. The summed E-state index contributed by atoms with van der Waals surface area (Å²) in [6.07, 6.45) is 3.34. The van der Waals surface area contributed by atoms with Crippen LogP contribution in [0.15, 0.2) is 12.5 Å². The molecule has 0 bridgehead atoms. The van der Waals surface area contributed by atoms with Crippen molar-refractivity contribution >= 4 is 5.97 Å². The van der Waals surface area contributed by atoms with E-state index in [0.29, 0.717) is 13.1 Å². The Morgan fingerprint density at radius 3 is 2.47 bits per heavy atom. The summed E-state index contributed by atoms with van der Waals surface area (Å²) >= 11 is 0. The molecule has 1 unspecified atom stereocenters. The highest BCUT2D eigenvalue weighted by atomic mass is 16.4. The first-order valence-corrected chi connectivity index (χ1v) is 6.01. The summed E-state index contributed by atoms with van der Waals surface area (Å²) in [5.74, 6) is -0.823. The number of carbonyl (C=O) groups is 1. The van der Waals surface area contributed by atoms with Crippen molar-refractivity contribution in [1.82, 2.24) is 14.5 Å². The summed E-state index contributed by atoms with van der Waals surface area (Å²) in [5, 5.41) is 9.40. The molecule has 0 aliphatic carbocycles. The van der Waals surface area contributed by atoms with Crippen LogP contribution in [0, 0.1) is 0 Å². The quantitative estimate of drug-likeness (QED) is 0.824. The van der Waals surface area contributed by atoms with Gasteiger partial charge in [0.15, 0.2) is 6.04 Å². The van der Waals surface area contributed by atoms with Gasteiger partial charge in [-0.1, -0.05) is 13.8 Å². The summed E-state index contributed by atoms with van der Waals surface area (Å²) in [6.45, 7) is 9.39. The van der Waals surface area contributed by atoms with Crippen LogP contribution in [-0.2, 0) is 4.79 Å². The van der Waals surface area contributed by atoms with Crippen LogP contribution in [0.25, 0.3) is 0 Å². The normalized spacial score (nSPS) is 13.3. The highest BCUT2D eigenvalue weighted by Crippen LogP contribution is 2.23. The third kappa shape index (κ3) is 2.85. The number of aliphatic carboxylic acids is 1. The third-order valence-electron chi connectivity index (χ3n) is 2.94. The number of hydrogen-bond donors (Lipinski definition) is 1. The zero-order chi connectivity index (χ0) is 13.0. The third-order valence-corrected chi connectivity index (χ3v) is 2.94. The van der Waals surface area contributed by atoms with Crippen molar-refractivity contribution < 1.29 is 9.90 Å².